The maximum atomic E-state index is 11.9. The van der Waals surface area contributed by atoms with Gasteiger partial charge in [0.1, 0.15) is 10.8 Å². The van der Waals surface area contributed by atoms with Crippen LogP contribution in [0.2, 0.25) is 0 Å². The van der Waals surface area contributed by atoms with E-state index in [2.05, 4.69) is 31.7 Å². The Morgan fingerprint density at radius 2 is 2.20 bits per heavy atom. The zero-order valence-electron chi connectivity index (χ0n) is 13.5. The summed E-state index contributed by atoms with van der Waals surface area (Å²) in [5.41, 5.74) is 0.561. The molecule has 128 valence electrons. The maximum Gasteiger partial charge on any atom is 0.275 e. The standard InChI is InChI=1S/C15H14N6OS3/c1-9-6-13(22)21-14(16-9)25-12(19-21)8-24-15-18-17-11(20(15)2)7-10-4-3-5-23-10/h3-6H,7-8H2,1-2H3. The summed E-state index contributed by atoms with van der Waals surface area (Å²) >= 11 is 4.70. The van der Waals surface area contributed by atoms with Crippen molar-refractivity contribution in [1.82, 2.24) is 29.4 Å². The second kappa shape index (κ2) is 6.70. The highest BCUT2D eigenvalue weighted by atomic mass is 32.2. The first-order valence-electron chi connectivity index (χ1n) is 7.50. The van der Waals surface area contributed by atoms with Gasteiger partial charge in [-0.1, -0.05) is 29.2 Å². The highest BCUT2D eigenvalue weighted by Crippen LogP contribution is 2.24. The molecule has 0 radical (unpaired) electrons. The molecular weight excluding hydrogens is 376 g/mol. The van der Waals surface area contributed by atoms with Crippen LogP contribution in [0, 0.1) is 6.92 Å². The van der Waals surface area contributed by atoms with Gasteiger partial charge >= 0.3 is 0 Å². The van der Waals surface area contributed by atoms with Gasteiger partial charge in [0, 0.05) is 30.1 Å². The molecule has 0 aliphatic heterocycles. The first-order chi connectivity index (χ1) is 12.1. The number of aromatic nitrogens is 6. The molecule has 0 aliphatic rings. The second-order valence-corrected chi connectivity index (χ2v) is 8.44. The normalized spacial score (nSPS) is 11.4. The van der Waals surface area contributed by atoms with Gasteiger partial charge in [-0.05, 0) is 18.4 Å². The Hall–Kier alpha value is -2.04. The molecule has 25 heavy (non-hydrogen) atoms. The lowest BCUT2D eigenvalue weighted by Gasteiger charge is -2.01. The van der Waals surface area contributed by atoms with E-state index in [1.807, 2.05) is 24.6 Å². The molecule has 0 aromatic carbocycles. The Morgan fingerprint density at radius 1 is 1.32 bits per heavy atom. The van der Waals surface area contributed by atoms with Gasteiger partial charge in [-0.2, -0.15) is 9.61 Å². The molecule has 0 amide bonds. The molecule has 4 aromatic heterocycles. The molecule has 0 saturated heterocycles. The average Bonchev–Trinajstić information content (AvgIpc) is 3.28. The minimum Gasteiger partial charge on any atom is -0.309 e. The van der Waals surface area contributed by atoms with Gasteiger partial charge in [-0.15, -0.1) is 21.5 Å². The summed E-state index contributed by atoms with van der Waals surface area (Å²) in [6.45, 7) is 1.81. The maximum absolute atomic E-state index is 11.9. The van der Waals surface area contributed by atoms with Gasteiger partial charge < -0.3 is 4.57 Å². The van der Waals surface area contributed by atoms with Crippen molar-refractivity contribution in [2.24, 2.45) is 7.05 Å². The van der Waals surface area contributed by atoms with Gasteiger partial charge in [0.15, 0.2) is 5.16 Å². The van der Waals surface area contributed by atoms with Crippen molar-refractivity contribution >= 4 is 39.4 Å². The molecule has 4 rings (SSSR count). The third-order valence-electron chi connectivity index (χ3n) is 3.58. The third-order valence-corrected chi connectivity index (χ3v) is 6.58. The van der Waals surface area contributed by atoms with E-state index in [1.165, 1.54) is 26.8 Å². The summed E-state index contributed by atoms with van der Waals surface area (Å²) in [5.74, 6) is 1.56. The van der Waals surface area contributed by atoms with E-state index in [0.717, 1.165) is 22.4 Å². The Balaban J connectivity index is 1.51. The van der Waals surface area contributed by atoms with E-state index in [-0.39, 0.29) is 5.56 Å². The van der Waals surface area contributed by atoms with Crippen LogP contribution in [0.5, 0.6) is 0 Å². The fourth-order valence-corrected chi connectivity index (χ4v) is 4.90. The fraction of sp³-hybridized carbons (Fsp3) is 0.267. The van der Waals surface area contributed by atoms with Crippen LogP contribution in [0.3, 0.4) is 0 Å². The number of thioether (sulfide) groups is 1. The van der Waals surface area contributed by atoms with E-state index in [4.69, 9.17) is 0 Å². The van der Waals surface area contributed by atoms with E-state index >= 15 is 0 Å². The van der Waals surface area contributed by atoms with Crippen molar-refractivity contribution in [2.75, 3.05) is 0 Å². The molecule has 0 bridgehead atoms. The summed E-state index contributed by atoms with van der Waals surface area (Å²) < 4.78 is 3.36. The van der Waals surface area contributed by atoms with Crippen LogP contribution in [-0.4, -0.2) is 29.4 Å². The lowest BCUT2D eigenvalue weighted by Crippen LogP contribution is -2.14. The minimum absolute atomic E-state index is 0.146. The number of rotatable bonds is 5. The monoisotopic (exact) mass is 390 g/mol. The van der Waals surface area contributed by atoms with Crippen molar-refractivity contribution in [3.05, 3.63) is 55.3 Å². The van der Waals surface area contributed by atoms with Crippen LogP contribution in [-0.2, 0) is 19.2 Å². The van der Waals surface area contributed by atoms with Crippen molar-refractivity contribution in [2.45, 2.75) is 24.3 Å². The molecule has 0 unspecified atom stereocenters. The predicted octanol–water partition coefficient (Wildman–Crippen LogP) is 2.53. The lowest BCUT2D eigenvalue weighted by molar-refractivity contribution is 0.750. The number of thiophene rings is 1. The molecule has 0 atom stereocenters. The van der Waals surface area contributed by atoms with Gasteiger partial charge in [-0.25, -0.2) is 4.98 Å². The number of hydrogen-bond donors (Lipinski definition) is 0. The lowest BCUT2D eigenvalue weighted by atomic mass is 10.3. The predicted molar refractivity (Wildman–Crippen MR) is 99.6 cm³/mol. The Bertz CT molecular complexity index is 1080. The van der Waals surface area contributed by atoms with Gasteiger partial charge in [0.05, 0.1) is 5.75 Å². The molecule has 10 heteroatoms. The summed E-state index contributed by atoms with van der Waals surface area (Å²) in [6.07, 6.45) is 0.779. The Labute approximate surface area is 155 Å². The number of aryl methyl sites for hydroxylation is 1. The topological polar surface area (TPSA) is 78.0 Å². The van der Waals surface area contributed by atoms with E-state index in [0.29, 0.717) is 16.4 Å². The molecule has 0 spiro atoms. The van der Waals surface area contributed by atoms with Crippen molar-refractivity contribution in [1.29, 1.82) is 0 Å². The van der Waals surface area contributed by atoms with Crippen LogP contribution in [0.25, 0.3) is 4.96 Å². The molecule has 7 nitrogen and oxygen atoms in total. The molecule has 4 heterocycles. The van der Waals surface area contributed by atoms with Crippen LogP contribution in [0.4, 0.5) is 0 Å². The molecule has 0 saturated carbocycles. The van der Waals surface area contributed by atoms with E-state index in [9.17, 15) is 4.79 Å². The fourth-order valence-electron chi connectivity index (χ4n) is 2.34. The van der Waals surface area contributed by atoms with E-state index in [1.54, 1.807) is 23.1 Å². The highest BCUT2D eigenvalue weighted by Gasteiger charge is 2.13. The number of nitrogens with zero attached hydrogens (tertiary/aromatic N) is 6. The number of fused-ring (bicyclic) bond motifs is 1. The quantitative estimate of drug-likeness (QED) is 0.487. The summed E-state index contributed by atoms with van der Waals surface area (Å²) in [5, 5.41) is 16.6. The zero-order valence-corrected chi connectivity index (χ0v) is 16.0. The molecule has 0 fully saturated rings. The summed E-state index contributed by atoms with van der Waals surface area (Å²) in [6, 6.07) is 5.63. The smallest absolute Gasteiger partial charge is 0.275 e. The SMILES string of the molecule is Cc1cc(=O)n2nc(CSc3nnc(Cc4cccs4)n3C)sc2n1. The minimum atomic E-state index is -0.146. The van der Waals surface area contributed by atoms with Crippen LogP contribution in [0.15, 0.2) is 33.5 Å². The zero-order chi connectivity index (χ0) is 17.4. The average molecular weight is 391 g/mol. The highest BCUT2D eigenvalue weighted by molar-refractivity contribution is 7.98. The number of hydrogen-bond acceptors (Lipinski definition) is 8. The molecular formula is C15H14N6OS3. The van der Waals surface area contributed by atoms with Gasteiger partial charge in [0.25, 0.3) is 5.56 Å². The summed E-state index contributed by atoms with van der Waals surface area (Å²) in [4.78, 5) is 18.2. The molecule has 0 aliphatic carbocycles. The van der Waals surface area contributed by atoms with Crippen molar-refractivity contribution in [3.8, 4) is 0 Å². The van der Waals surface area contributed by atoms with Crippen LogP contribution < -0.4 is 5.56 Å². The Morgan fingerprint density at radius 3 is 3.00 bits per heavy atom. The van der Waals surface area contributed by atoms with Crippen LogP contribution >= 0.6 is 34.4 Å². The largest absolute Gasteiger partial charge is 0.309 e. The first kappa shape index (κ1) is 16.4. The summed E-state index contributed by atoms with van der Waals surface area (Å²) in [7, 11) is 1.97. The van der Waals surface area contributed by atoms with Crippen LogP contribution in [0.1, 0.15) is 21.4 Å². The molecule has 0 N–H and O–H groups in total. The second-order valence-electron chi connectivity index (χ2n) is 5.43. The van der Waals surface area contributed by atoms with Crippen molar-refractivity contribution < 1.29 is 0 Å². The molecule has 4 aromatic rings. The Kier molecular flexibility index (Phi) is 4.40. The van der Waals surface area contributed by atoms with Gasteiger partial charge in [0.2, 0.25) is 4.96 Å². The third kappa shape index (κ3) is 3.37. The first-order valence-corrected chi connectivity index (χ1v) is 10.2. The van der Waals surface area contributed by atoms with E-state index < -0.39 is 0 Å². The van der Waals surface area contributed by atoms with Crippen molar-refractivity contribution in [3.63, 3.8) is 0 Å². The van der Waals surface area contributed by atoms with Gasteiger partial charge in [-0.3, -0.25) is 4.79 Å².